The Morgan fingerprint density at radius 3 is 2.47 bits per heavy atom. The first-order chi connectivity index (χ1) is 9.40. The number of para-hydroxylation sites is 1. The molecule has 3 rings (SSSR count). The quantitative estimate of drug-likeness (QED) is 0.635. The molecule has 0 saturated heterocycles. The molecule has 1 atom stereocenters. The summed E-state index contributed by atoms with van der Waals surface area (Å²) >= 11 is 0. The molecule has 1 N–H and O–H groups in total. The number of aromatic amines is 1. The van der Waals surface area contributed by atoms with Gasteiger partial charge >= 0.3 is 0 Å². The molecule has 94 valence electrons. The predicted octanol–water partition coefficient (Wildman–Crippen LogP) is 4.88. The molecule has 0 bridgehead atoms. The van der Waals surface area contributed by atoms with E-state index in [0.29, 0.717) is 5.92 Å². The smallest absolute Gasteiger partial charge is 0.0457 e. The van der Waals surface area contributed by atoms with Crippen LogP contribution in [0.3, 0.4) is 0 Å². The number of allylic oxidation sites excluding steroid dienone is 2. The van der Waals surface area contributed by atoms with Crippen LogP contribution in [0.25, 0.3) is 10.9 Å². The van der Waals surface area contributed by atoms with Crippen molar-refractivity contribution in [1.29, 1.82) is 0 Å². The maximum Gasteiger partial charge on any atom is 0.0457 e. The molecule has 0 spiro atoms. The van der Waals surface area contributed by atoms with Gasteiger partial charge in [0.25, 0.3) is 0 Å². The van der Waals surface area contributed by atoms with E-state index in [2.05, 4.69) is 84.9 Å². The highest BCUT2D eigenvalue weighted by Gasteiger charge is 2.14. The molecule has 0 aliphatic heterocycles. The van der Waals surface area contributed by atoms with Crippen molar-refractivity contribution in [3.63, 3.8) is 0 Å². The summed E-state index contributed by atoms with van der Waals surface area (Å²) in [7, 11) is 0. The van der Waals surface area contributed by atoms with Crippen LogP contribution >= 0.6 is 0 Å². The second-order valence-electron chi connectivity index (χ2n) is 4.70. The maximum atomic E-state index is 3.36. The minimum Gasteiger partial charge on any atom is -0.361 e. The van der Waals surface area contributed by atoms with Gasteiger partial charge < -0.3 is 4.98 Å². The van der Waals surface area contributed by atoms with Crippen LogP contribution < -0.4 is 0 Å². The van der Waals surface area contributed by atoms with Crippen LogP contribution in [0.1, 0.15) is 24.0 Å². The lowest BCUT2D eigenvalue weighted by Gasteiger charge is -2.12. The van der Waals surface area contributed by atoms with Crippen LogP contribution in [0.4, 0.5) is 0 Å². The Balaban J connectivity index is 2.15. The van der Waals surface area contributed by atoms with Gasteiger partial charge in [0.1, 0.15) is 0 Å². The predicted molar refractivity (Wildman–Crippen MR) is 81.4 cm³/mol. The summed E-state index contributed by atoms with van der Waals surface area (Å²) in [6.07, 6.45) is 6.51. The van der Waals surface area contributed by atoms with E-state index in [1.165, 1.54) is 22.0 Å². The number of fused-ring (bicyclic) bond motifs is 1. The molecular formula is C18H17N. The molecule has 3 aromatic rings. The summed E-state index contributed by atoms with van der Waals surface area (Å²) in [6.45, 7) is 2.07. The van der Waals surface area contributed by atoms with Gasteiger partial charge in [0, 0.05) is 23.0 Å². The van der Waals surface area contributed by atoms with E-state index in [1.54, 1.807) is 0 Å². The first kappa shape index (κ1) is 11.8. The van der Waals surface area contributed by atoms with Gasteiger partial charge in [-0.15, -0.1) is 0 Å². The number of aromatic nitrogens is 1. The van der Waals surface area contributed by atoms with E-state index in [-0.39, 0.29) is 0 Å². The van der Waals surface area contributed by atoms with Crippen molar-refractivity contribution in [2.24, 2.45) is 0 Å². The lowest BCUT2D eigenvalue weighted by molar-refractivity contribution is 1.03. The first-order valence-electron chi connectivity index (χ1n) is 6.64. The summed E-state index contributed by atoms with van der Waals surface area (Å²) in [5.41, 5.74) is 3.85. The fourth-order valence-corrected chi connectivity index (χ4v) is 2.60. The van der Waals surface area contributed by atoms with Gasteiger partial charge in [-0.1, -0.05) is 60.7 Å². The Morgan fingerprint density at radius 1 is 0.947 bits per heavy atom. The summed E-state index contributed by atoms with van der Waals surface area (Å²) < 4.78 is 0. The summed E-state index contributed by atoms with van der Waals surface area (Å²) in [5.74, 6) is 0.308. The van der Waals surface area contributed by atoms with Gasteiger partial charge in [0.2, 0.25) is 0 Å². The molecule has 1 unspecified atom stereocenters. The van der Waals surface area contributed by atoms with Crippen molar-refractivity contribution in [2.45, 2.75) is 12.8 Å². The topological polar surface area (TPSA) is 15.8 Å². The fraction of sp³-hybridized carbons (Fsp3) is 0.111. The van der Waals surface area contributed by atoms with Crippen LogP contribution in [-0.2, 0) is 0 Å². The van der Waals surface area contributed by atoms with Gasteiger partial charge in [-0.25, -0.2) is 0 Å². The number of rotatable bonds is 3. The van der Waals surface area contributed by atoms with Gasteiger partial charge in [0.15, 0.2) is 0 Å². The second kappa shape index (κ2) is 5.15. The highest BCUT2D eigenvalue weighted by molar-refractivity contribution is 5.84. The van der Waals surface area contributed by atoms with Crippen molar-refractivity contribution in [3.8, 4) is 0 Å². The SMILES string of the molecule is C/C=C/C(c1ccccc1)c1c[nH]c2ccccc12. The number of hydrogen-bond acceptors (Lipinski definition) is 0. The third-order valence-corrected chi connectivity index (χ3v) is 3.50. The lowest BCUT2D eigenvalue weighted by Crippen LogP contribution is -1.96. The molecule has 2 aromatic carbocycles. The minimum atomic E-state index is 0.308. The summed E-state index contributed by atoms with van der Waals surface area (Å²) in [6, 6.07) is 19.1. The second-order valence-corrected chi connectivity index (χ2v) is 4.70. The molecule has 0 saturated carbocycles. The number of hydrogen-bond donors (Lipinski definition) is 1. The largest absolute Gasteiger partial charge is 0.361 e. The van der Waals surface area contributed by atoms with Crippen LogP contribution in [-0.4, -0.2) is 4.98 Å². The van der Waals surface area contributed by atoms with Gasteiger partial charge in [-0.05, 0) is 24.1 Å². The zero-order valence-corrected chi connectivity index (χ0v) is 11.0. The monoisotopic (exact) mass is 247 g/mol. The molecule has 0 aliphatic rings. The number of nitrogens with one attached hydrogen (secondary N) is 1. The zero-order chi connectivity index (χ0) is 13.1. The van der Waals surface area contributed by atoms with E-state index in [4.69, 9.17) is 0 Å². The van der Waals surface area contributed by atoms with Crippen molar-refractivity contribution < 1.29 is 0 Å². The van der Waals surface area contributed by atoms with Gasteiger partial charge in [-0.2, -0.15) is 0 Å². The third kappa shape index (κ3) is 2.19. The van der Waals surface area contributed by atoms with Crippen LogP contribution in [0.5, 0.6) is 0 Å². The third-order valence-electron chi connectivity index (χ3n) is 3.50. The van der Waals surface area contributed by atoms with Gasteiger partial charge in [-0.3, -0.25) is 0 Å². The molecule has 1 heterocycles. The fourth-order valence-electron chi connectivity index (χ4n) is 2.60. The molecule has 1 aromatic heterocycles. The van der Waals surface area contributed by atoms with Crippen molar-refractivity contribution in [3.05, 3.63) is 84.1 Å². The molecule has 19 heavy (non-hydrogen) atoms. The Kier molecular flexibility index (Phi) is 3.20. The Hall–Kier alpha value is -2.28. The normalized spacial score (nSPS) is 13.1. The van der Waals surface area contributed by atoms with Crippen LogP contribution in [0.15, 0.2) is 72.9 Å². The van der Waals surface area contributed by atoms with E-state index in [0.717, 1.165) is 0 Å². The van der Waals surface area contributed by atoms with E-state index in [1.807, 2.05) is 0 Å². The molecule has 0 fully saturated rings. The van der Waals surface area contributed by atoms with Crippen molar-refractivity contribution >= 4 is 10.9 Å². The van der Waals surface area contributed by atoms with Crippen LogP contribution in [0.2, 0.25) is 0 Å². The number of H-pyrrole nitrogens is 1. The highest BCUT2D eigenvalue weighted by Crippen LogP contribution is 2.31. The Bertz CT molecular complexity index is 692. The molecule has 1 nitrogen and oxygen atoms in total. The Labute approximate surface area is 113 Å². The van der Waals surface area contributed by atoms with E-state index in [9.17, 15) is 0 Å². The summed E-state index contributed by atoms with van der Waals surface area (Å²) in [4.78, 5) is 3.36. The molecule has 0 aliphatic carbocycles. The highest BCUT2D eigenvalue weighted by atomic mass is 14.7. The maximum absolute atomic E-state index is 3.36. The average molecular weight is 247 g/mol. The van der Waals surface area contributed by atoms with Crippen molar-refractivity contribution in [1.82, 2.24) is 4.98 Å². The van der Waals surface area contributed by atoms with Crippen LogP contribution in [0, 0.1) is 0 Å². The molecule has 0 radical (unpaired) electrons. The first-order valence-corrected chi connectivity index (χ1v) is 6.64. The van der Waals surface area contributed by atoms with Gasteiger partial charge in [0.05, 0.1) is 0 Å². The molecule has 1 heteroatoms. The van der Waals surface area contributed by atoms with E-state index < -0.39 is 0 Å². The number of benzene rings is 2. The van der Waals surface area contributed by atoms with Crippen molar-refractivity contribution in [2.75, 3.05) is 0 Å². The molecular weight excluding hydrogens is 230 g/mol. The zero-order valence-electron chi connectivity index (χ0n) is 11.0. The average Bonchev–Trinajstić information content (AvgIpc) is 2.89. The Morgan fingerprint density at radius 2 is 1.68 bits per heavy atom. The minimum absolute atomic E-state index is 0.308. The standard InChI is InChI=1S/C18H17N/c1-2-8-15(14-9-4-3-5-10-14)17-13-19-18-12-7-6-11-16(17)18/h2-13,15,19H,1H3/b8-2+. The summed E-state index contributed by atoms with van der Waals surface area (Å²) in [5, 5.41) is 1.30. The van der Waals surface area contributed by atoms with E-state index >= 15 is 0 Å². The molecule has 0 amide bonds. The lowest BCUT2D eigenvalue weighted by atomic mass is 9.91.